The lowest BCUT2D eigenvalue weighted by molar-refractivity contribution is -0.870. The number of likely N-dealkylation sites (N-methyl/N-ethyl adjacent to an activating group) is 1. The Morgan fingerprint density at radius 1 is 0.419 bits per heavy atom. The van der Waals surface area contributed by atoms with Gasteiger partial charge in [-0.1, -0.05) is 269 Å². The lowest BCUT2D eigenvalue weighted by Crippen LogP contribution is -2.47. The minimum absolute atomic E-state index is 0.0211. The minimum atomic E-state index is -4.48. The molecule has 0 aliphatic rings. The van der Waals surface area contributed by atoms with Crippen LogP contribution in [0.5, 0.6) is 0 Å². The van der Waals surface area contributed by atoms with Gasteiger partial charge in [0.25, 0.3) is 0 Å². The van der Waals surface area contributed by atoms with Crippen LogP contribution < -0.4 is 5.32 Å². The highest BCUT2D eigenvalue weighted by molar-refractivity contribution is 7.47. The molecular weight excluding hydrogens is 1080 g/mol. The molecule has 1 amide bonds. The number of carbonyl (C=O) groups is 2. The molecule has 0 saturated carbocycles. The summed E-state index contributed by atoms with van der Waals surface area (Å²) < 4.78 is 30.7. The minimum Gasteiger partial charge on any atom is -0.456 e. The number of hydrogen-bond donors (Lipinski definition) is 2. The van der Waals surface area contributed by atoms with Gasteiger partial charge in [-0.15, -0.1) is 0 Å². The Kier molecular flexibility index (Phi) is 60.4. The van der Waals surface area contributed by atoms with Crippen LogP contribution in [0.4, 0.5) is 0 Å². The fourth-order valence-electron chi connectivity index (χ4n) is 9.00. The van der Waals surface area contributed by atoms with Crippen molar-refractivity contribution in [2.24, 2.45) is 0 Å². The molecule has 10 heteroatoms. The first-order valence-corrected chi connectivity index (χ1v) is 35.8. The Bertz CT molecular complexity index is 2030. The molecule has 0 aromatic rings. The van der Waals surface area contributed by atoms with Crippen LogP contribution >= 0.6 is 7.82 Å². The zero-order valence-corrected chi connectivity index (χ0v) is 56.6. The number of phosphoric ester groups is 1. The summed E-state index contributed by atoms with van der Waals surface area (Å²) >= 11 is 0. The van der Waals surface area contributed by atoms with Crippen molar-refractivity contribution in [3.63, 3.8) is 0 Å². The van der Waals surface area contributed by atoms with Gasteiger partial charge in [0.15, 0.2) is 0 Å². The predicted octanol–water partition coefficient (Wildman–Crippen LogP) is 21.9. The van der Waals surface area contributed by atoms with Crippen molar-refractivity contribution >= 4 is 19.7 Å². The highest BCUT2D eigenvalue weighted by Gasteiger charge is 2.30. The van der Waals surface area contributed by atoms with Crippen LogP contribution in [-0.2, 0) is 27.9 Å². The second-order valence-electron chi connectivity index (χ2n) is 23.6. The number of carbonyl (C=O) groups excluding carboxylic acids is 2. The number of esters is 1. The number of ether oxygens (including phenoxy) is 1. The lowest BCUT2D eigenvalue weighted by atomic mass is 10.0. The van der Waals surface area contributed by atoms with E-state index in [-0.39, 0.29) is 37.9 Å². The zero-order valence-electron chi connectivity index (χ0n) is 55.7. The molecule has 0 bridgehead atoms. The van der Waals surface area contributed by atoms with Crippen LogP contribution in [-0.4, -0.2) is 74.3 Å². The van der Waals surface area contributed by atoms with E-state index >= 15 is 0 Å². The Hall–Kier alpha value is -4.37. The number of quaternary nitrogens is 1. The van der Waals surface area contributed by atoms with Gasteiger partial charge in [-0.2, -0.15) is 0 Å². The molecule has 0 spiro atoms. The van der Waals surface area contributed by atoms with E-state index in [2.05, 4.69) is 172 Å². The quantitative estimate of drug-likeness (QED) is 0.0205. The SMILES string of the molecule is CC/C=C\C/C=C\C/C=C\C/C=C\C/C=C\C/C=C\CCCCCCCCCCC(=O)OC(/C=C\CCCCCCCCCCCC)C(COP(=O)(O)OCC[N+](C)(C)C)NC(=O)CCCC/C=C\C/C=C\C/C=C\C/C=C\C/C=C\C/C=C\CC. The molecule has 0 fully saturated rings. The van der Waals surface area contributed by atoms with Crippen molar-refractivity contribution in [2.45, 2.75) is 270 Å². The molecule has 0 aromatic heterocycles. The molecule has 0 radical (unpaired) electrons. The van der Waals surface area contributed by atoms with Crippen LogP contribution in [0.25, 0.3) is 0 Å². The van der Waals surface area contributed by atoms with Crippen LogP contribution in [0.3, 0.4) is 0 Å². The Morgan fingerprint density at radius 2 is 0.744 bits per heavy atom. The van der Waals surface area contributed by atoms with E-state index in [1.54, 1.807) is 0 Å². The molecule has 2 N–H and O–H groups in total. The molecule has 488 valence electrons. The third kappa shape index (κ3) is 64.1. The summed E-state index contributed by atoms with van der Waals surface area (Å²) in [5.74, 6) is -0.576. The largest absolute Gasteiger partial charge is 0.472 e. The molecule has 0 saturated heterocycles. The van der Waals surface area contributed by atoms with E-state index in [4.69, 9.17) is 13.8 Å². The van der Waals surface area contributed by atoms with E-state index < -0.39 is 20.0 Å². The van der Waals surface area contributed by atoms with E-state index in [0.29, 0.717) is 23.9 Å². The molecule has 3 atom stereocenters. The molecule has 0 heterocycles. The molecule has 0 aliphatic heterocycles. The Balaban J connectivity index is 5.22. The maximum Gasteiger partial charge on any atom is 0.472 e. The summed E-state index contributed by atoms with van der Waals surface area (Å²) in [5, 5.41) is 3.03. The third-order valence-electron chi connectivity index (χ3n) is 14.2. The number of phosphoric acid groups is 1. The van der Waals surface area contributed by atoms with Crippen LogP contribution in [0.15, 0.2) is 158 Å². The Labute approximate surface area is 529 Å². The molecular formula is C76H128N2O7P+. The van der Waals surface area contributed by atoms with Crippen molar-refractivity contribution in [1.82, 2.24) is 5.32 Å². The number of amides is 1. The summed E-state index contributed by atoms with van der Waals surface area (Å²) in [7, 11) is 1.44. The number of rotatable bonds is 60. The van der Waals surface area contributed by atoms with Crippen LogP contribution in [0.2, 0.25) is 0 Å². The first-order valence-electron chi connectivity index (χ1n) is 34.3. The lowest BCUT2D eigenvalue weighted by Gasteiger charge is -2.27. The van der Waals surface area contributed by atoms with Crippen LogP contribution in [0.1, 0.15) is 258 Å². The van der Waals surface area contributed by atoms with Crippen molar-refractivity contribution in [3.8, 4) is 0 Å². The molecule has 9 nitrogen and oxygen atoms in total. The van der Waals surface area contributed by atoms with Crippen molar-refractivity contribution in [2.75, 3.05) is 40.9 Å². The van der Waals surface area contributed by atoms with Gasteiger partial charge < -0.3 is 19.4 Å². The summed E-state index contributed by atoms with van der Waals surface area (Å²) in [6.45, 7) is 6.73. The molecule has 86 heavy (non-hydrogen) atoms. The predicted molar refractivity (Wildman–Crippen MR) is 373 cm³/mol. The van der Waals surface area contributed by atoms with Gasteiger partial charge in [0.05, 0.1) is 33.8 Å². The standard InChI is InChI=1S/C76H127N2O7P/c1-7-10-13-16-19-22-25-28-30-32-34-36-37-38-39-40-41-43-45-47-49-51-54-57-60-63-66-69-76(80)85-74(67-64-61-58-55-52-27-24-21-18-15-12-9-3)73(72-84-86(81,82)83-71-70-78(4,5)6)77-75(79)68-65-62-59-56-53-50-48-46-44-42-35-33-31-29-26-23-20-17-14-11-8-2/h10-11,13-14,19-20,22-23,28-31,34-36,38-39,41-43,46,48,53,56,64,67,73-74H,7-9,12,15-18,21,24-27,32-33,37,40,44-45,47,49-52,54-55,57-63,65-66,68-72H2,1-6H3,(H-,77,79,81,82)/p+1/b13-10-,14-11-,22-19-,23-20-,30-28-,31-29-,36-34-,39-38-,42-35-,43-41-,48-46-,56-53-,67-64-. The van der Waals surface area contributed by atoms with Gasteiger partial charge in [-0.05, 0) is 134 Å². The first-order chi connectivity index (χ1) is 41.9. The fourth-order valence-corrected chi connectivity index (χ4v) is 9.74. The monoisotopic (exact) mass is 1210 g/mol. The topological polar surface area (TPSA) is 111 Å². The van der Waals surface area contributed by atoms with Crippen molar-refractivity contribution < 1.29 is 37.3 Å². The maximum atomic E-state index is 13.6. The molecule has 0 aromatic carbocycles. The number of nitrogens with one attached hydrogen (secondary N) is 1. The summed E-state index contributed by atoms with van der Waals surface area (Å²) in [5.41, 5.74) is 0. The zero-order chi connectivity index (χ0) is 62.8. The number of unbranched alkanes of at least 4 members (excludes halogenated alkanes) is 20. The second kappa shape index (κ2) is 63.6. The summed E-state index contributed by atoms with van der Waals surface area (Å²) in [4.78, 5) is 37.9. The van der Waals surface area contributed by atoms with Gasteiger partial charge in [-0.25, -0.2) is 4.57 Å². The van der Waals surface area contributed by atoms with E-state index in [1.165, 1.54) is 77.0 Å². The fraction of sp³-hybridized carbons (Fsp3) is 0.632. The van der Waals surface area contributed by atoms with Crippen LogP contribution in [0, 0.1) is 0 Å². The molecule has 0 aliphatic carbocycles. The number of allylic oxidation sites excluding steroid dienone is 25. The normalized spacial score (nSPS) is 14.5. The van der Waals surface area contributed by atoms with Gasteiger partial charge in [0, 0.05) is 12.8 Å². The van der Waals surface area contributed by atoms with E-state index in [9.17, 15) is 19.0 Å². The first kappa shape index (κ1) is 81.6. The summed E-state index contributed by atoms with van der Waals surface area (Å²) in [6, 6.07) is -0.888. The Morgan fingerprint density at radius 3 is 1.13 bits per heavy atom. The van der Waals surface area contributed by atoms with E-state index in [1.807, 2.05) is 33.3 Å². The van der Waals surface area contributed by atoms with Crippen molar-refractivity contribution in [3.05, 3.63) is 158 Å². The highest BCUT2D eigenvalue weighted by Crippen LogP contribution is 2.43. The van der Waals surface area contributed by atoms with Gasteiger partial charge in [0.1, 0.15) is 19.3 Å². The van der Waals surface area contributed by atoms with Gasteiger partial charge in [-0.3, -0.25) is 18.6 Å². The van der Waals surface area contributed by atoms with Crippen molar-refractivity contribution in [1.29, 1.82) is 0 Å². The van der Waals surface area contributed by atoms with E-state index in [0.717, 1.165) is 135 Å². The maximum absolute atomic E-state index is 13.6. The number of nitrogens with zero attached hydrogens (tertiary/aromatic N) is 1. The molecule has 0 rings (SSSR count). The van der Waals surface area contributed by atoms with Gasteiger partial charge in [0.2, 0.25) is 5.91 Å². The average molecular weight is 1210 g/mol. The summed E-state index contributed by atoms with van der Waals surface area (Å²) in [6.07, 6.45) is 94.0. The van der Waals surface area contributed by atoms with Gasteiger partial charge >= 0.3 is 13.8 Å². The average Bonchev–Trinajstić information content (AvgIpc) is 3.65. The smallest absolute Gasteiger partial charge is 0.456 e. The molecule has 3 unspecified atom stereocenters. The third-order valence-corrected chi connectivity index (χ3v) is 15.2. The number of hydrogen-bond acceptors (Lipinski definition) is 6. The highest BCUT2D eigenvalue weighted by atomic mass is 31.2. The second-order valence-corrected chi connectivity index (χ2v) is 25.0.